The summed E-state index contributed by atoms with van der Waals surface area (Å²) in [7, 11) is 0. The molecule has 4 heteroatoms. The lowest BCUT2D eigenvalue weighted by Gasteiger charge is -2.40. The van der Waals surface area contributed by atoms with Gasteiger partial charge >= 0.3 is 5.97 Å². The molecule has 0 fully saturated rings. The molecule has 0 spiro atoms. The number of thioether (sulfide) groups is 1. The smallest absolute Gasteiger partial charge is 0.324 e. The number of nitrogens with two attached hydrogens (primary N) is 1. The quantitative estimate of drug-likeness (QED) is 0.590. The van der Waals surface area contributed by atoms with Gasteiger partial charge in [0.1, 0.15) is 12.6 Å². The second-order valence-electron chi connectivity index (χ2n) is 6.98. The first-order valence-corrected chi connectivity index (χ1v) is 9.67. The van der Waals surface area contributed by atoms with Crippen LogP contribution in [0.5, 0.6) is 0 Å². The molecule has 2 atom stereocenters. The van der Waals surface area contributed by atoms with Gasteiger partial charge in [-0.2, -0.15) is 11.8 Å². The summed E-state index contributed by atoms with van der Waals surface area (Å²) >= 11 is 1.84. The van der Waals surface area contributed by atoms with Crippen LogP contribution in [0.4, 0.5) is 0 Å². The molecule has 1 unspecified atom stereocenters. The summed E-state index contributed by atoms with van der Waals surface area (Å²) < 4.78 is 5.54. The van der Waals surface area contributed by atoms with Crippen LogP contribution >= 0.6 is 11.8 Å². The molecule has 0 saturated heterocycles. The lowest BCUT2D eigenvalue weighted by molar-refractivity contribution is -0.145. The average molecular weight is 348 g/mol. The number of hydrogen-bond acceptors (Lipinski definition) is 4. The fraction of sp³-hybridized carbons (Fsp3) is 0.550. The van der Waals surface area contributed by atoms with Gasteiger partial charge in [-0.25, -0.2) is 0 Å². The molecule has 2 rings (SSSR count). The summed E-state index contributed by atoms with van der Waals surface area (Å²) in [6.45, 7) is 7.01. The van der Waals surface area contributed by atoms with Crippen molar-refractivity contribution in [3.8, 4) is 0 Å². The van der Waals surface area contributed by atoms with E-state index in [9.17, 15) is 4.79 Å². The summed E-state index contributed by atoms with van der Waals surface area (Å²) in [5.41, 5.74) is 8.53. The maximum atomic E-state index is 12.1. The standard InChI is InChI=1S/C20H29NO2S/c1-15(2)20(11-9-16(3)10-12-20)24-14-18(21)19(22)23-13-17-7-5-4-6-8-17/h4-9,15,18H,10-14,21H2,1-3H3/t18-,20?/m0/s1. The Bertz CT molecular complexity index is 570. The highest BCUT2D eigenvalue weighted by Crippen LogP contribution is 2.44. The lowest BCUT2D eigenvalue weighted by atomic mass is 9.82. The summed E-state index contributed by atoms with van der Waals surface area (Å²) in [6, 6.07) is 9.13. The van der Waals surface area contributed by atoms with Crippen molar-refractivity contribution < 1.29 is 9.53 Å². The fourth-order valence-corrected chi connectivity index (χ4v) is 4.37. The minimum absolute atomic E-state index is 0.191. The van der Waals surface area contributed by atoms with Crippen molar-refractivity contribution >= 4 is 17.7 Å². The molecule has 1 aromatic carbocycles. The highest BCUT2D eigenvalue weighted by Gasteiger charge is 2.36. The van der Waals surface area contributed by atoms with Crippen LogP contribution in [0.3, 0.4) is 0 Å². The molecule has 0 aliphatic heterocycles. The molecule has 132 valence electrons. The van der Waals surface area contributed by atoms with Crippen molar-refractivity contribution in [1.29, 1.82) is 0 Å². The first-order valence-electron chi connectivity index (χ1n) is 8.69. The van der Waals surface area contributed by atoms with Gasteiger partial charge in [0.05, 0.1) is 0 Å². The predicted octanol–water partition coefficient (Wildman–Crippen LogP) is 4.32. The first kappa shape index (κ1) is 19.1. The molecule has 3 nitrogen and oxygen atoms in total. The third-order valence-electron chi connectivity index (χ3n) is 4.87. The van der Waals surface area contributed by atoms with E-state index in [1.807, 2.05) is 42.1 Å². The molecule has 0 amide bonds. The third-order valence-corrected chi connectivity index (χ3v) is 6.81. The second kappa shape index (κ2) is 8.72. The largest absolute Gasteiger partial charge is 0.460 e. The molecule has 0 bridgehead atoms. The Kier molecular flexibility index (Phi) is 6.93. The van der Waals surface area contributed by atoms with Gasteiger partial charge in [-0.15, -0.1) is 0 Å². The van der Waals surface area contributed by atoms with Crippen molar-refractivity contribution in [2.24, 2.45) is 11.7 Å². The van der Waals surface area contributed by atoms with Gasteiger partial charge in [0.25, 0.3) is 0 Å². The lowest BCUT2D eigenvalue weighted by Crippen LogP contribution is -2.39. The molecule has 0 radical (unpaired) electrons. The number of allylic oxidation sites excluding steroid dienone is 2. The summed E-state index contributed by atoms with van der Waals surface area (Å²) in [5, 5.41) is 0. The van der Waals surface area contributed by atoms with E-state index in [0.29, 0.717) is 11.7 Å². The highest BCUT2D eigenvalue weighted by molar-refractivity contribution is 8.00. The van der Waals surface area contributed by atoms with E-state index in [-0.39, 0.29) is 17.3 Å². The van der Waals surface area contributed by atoms with Gasteiger partial charge in [-0.05, 0) is 37.7 Å². The van der Waals surface area contributed by atoms with Crippen molar-refractivity contribution in [1.82, 2.24) is 0 Å². The van der Waals surface area contributed by atoms with E-state index in [1.54, 1.807) is 0 Å². The van der Waals surface area contributed by atoms with Crippen LogP contribution in [-0.2, 0) is 16.1 Å². The molecule has 1 aliphatic rings. The van der Waals surface area contributed by atoms with E-state index >= 15 is 0 Å². The van der Waals surface area contributed by atoms with Crippen molar-refractivity contribution in [3.05, 3.63) is 47.5 Å². The van der Waals surface area contributed by atoms with E-state index < -0.39 is 6.04 Å². The van der Waals surface area contributed by atoms with Crippen LogP contribution in [0, 0.1) is 5.92 Å². The number of carbonyl (C=O) groups is 1. The third kappa shape index (κ3) is 5.12. The Balaban J connectivity index is 1.84. The van der Waals surface area contributed by atoms with Gasteiger partial charge < -0.3 is 10.5 Å². The number of rotatable bonds is 7. The number of ether oxygens (including phenoxy) is 1. The summed E-state index contributed by atoms with van der Waals surface area (Å²) in [5.74, 6) is 0.853. The topological polar surface area (TPSA) is 52.3 Å². The van der Waals surface area contributed by atoms with E-state index in [0.717, 1.165) is 24.8 Å². The van der Waals surface area contributed by atoms with Gasteiger partial charge in [0, 0.05) is 10.5 Å². The molecule has 1 aromatic rings. The Morgan fingerprint density at radius 3 is 2.62 bits per heavy atom. The van der Waals surface area contributed by atoms with Gasteiger partial charge in [-0.1, -0.05) is 55.8 Å². The van der Waals surface area contributed by atoms with E-state index in [2.05, 4.69) is 26.8 Å². The molecule has 0 aromatic heterocycles. The van der Waals surface area contributed by atoms with Crippen LogP contribution in [-0.4, -0.2) is 22.5 Å². The minimum atomic E-state index is -0.568. The van der Waals surface area contributed by atoms with E-state index in [4.69, 9.17) is 10.5 Å². The van der Waals surface area contributed by atoms with Crippen molar-refractivity contribution in [2.75, 3.05) is 5.75 Å². The fourth-order valence-electron chi connectivity index (χ4n) is 2.94. The molecule has 1 aliphatic carbocycles. The van der Waals surface area contributed by atoms with E-state index in [1.165, 1.54) is 5.57 Å². The Morgan fingerprint density at radius 1 is 1.33 bits per heavy atom. The van der Waals surface area contributed by atoms with Crippen molar-refractivity contribution in [2.45, 2.75) is 57.4 Å². The predicted molar refractivity (Wildman–Crippen MR) is 102 cm³/mol. The van der Waals surface area contributed by atoms with Crippen LogP contribution in [0.1, 0.15) is 45.6 Å². The number of esters is 1. The van der Waals surface area contributed by atoms with Gasteiger partial charge in [0.15, 0.2) is 0 Å². The van der Waals surface area contributed by atoms with Crippen LogP contribution in [0.2, 0.25) is 0 Å². The summed E-state index contributed by atoms with van der Waals surface area (Å²) in [6.07, 6.45) is 5.70. The van der Waals surface area contributed by atoms with Crippen LogP contribution < -0.4 is 5.73 Å². The van der Waals surface area contributed by atoms with Crippen molar-refractivity contribution in [3.63, 3.8) is 0 Å². The molecular formula is C20H29NO2S. The molecular weight excluding hydrogens is 318 g/mol. The zero-order chi connectivity index (χ0) is 17.6. The maximum absolute atomic E-state index is 12.1. The Labute approximate surface area is 150 Å². The average Bonchev–Trinajstić information content (AvgIpc) is 2.59. The molecule has 24 heavy (non-hydrogen) atoms. The first-order chi connectivity index (χ1) is 11.4. The molecule has 0 saturated carbocycles. The SMILES string of the molecule is CC1=CCC(SC[C@H](N)C(=O)OCc2ccccc2)(C(C)C)CC1. The minimum Gasteiger partial charge on any atom is -0.460 e. The zero-order valence-corrected chi connectivity index (χ0v) is 15.8. The maximum Gasteiger partial charge on any atom is 0.324 e. The molecule has 2 N–H and O–H groups in total. The Hall–Kier alpha value is -1.26. The second-order valence-corrected chi connectivity index (χ2v) is 8.42. The number of benzene rings is 1. The van der Waals surface area contributed by atoms with Gasteiger partial charge in [-0.3, -0.25) is 4.79 Å². The van der Waals surface area contributed by atoms with Gasteiger partial charge in [0.2, 0.25) is 0 Å². The number of carbonyl (C=O) groups excluding carboxylic acids is 1. The molecule has 0 heterocycles. The highest BCUT2D eigenvalue weighted by atomic mass is 32.2. The monoisotopic (exact) mass is 347 g/mol. The zero-order valence-electron chi connectivity index (χ0n) is 15.0. The summed E-state index contributed by atoms with van der Waals surface area (Å²) in [4.78, 5) is 12.1. The van der Waals surface area contributed by atoms with Crippen LogP contribution in [0.25, 0.3) is 0 Å². The van der Waals surface area contributed by atoms with Crippen LogP contribution in [0.15, 0.2) is 42.0 Å². The normalized spacial score (nSPS) is 22.1. The Morgan fingerprint density at radius 2 is 2.04 bits per heavy atom. The number of hydrogen-bond donors (Lipinski definition) is 1.